The van der Waals surface area contributed by atoms with Gasteiger partial charge in [0, 0.05) is 25.0 Å². The van der Waals surface area contributed by atoms with Gasteiger partial charge in [0.15, 0.2) is 5.82 Å². The van der Waals surface area contributed by atoms with Crippen LogP contribution in [0, 0.1) is 0 Å². The fourth-order valence-electron chi connectivity index (χ4n) is 2.15. The largest absolute Gasteiger partial charge is 0.381 e. The fourth-order valence-corrected chi connectivity index (χ4v) is 2.15. The molecule has 0 unspecified atom stereocenters. The van der Waals surface area contributed by atoms with Gasteiger partial charge in [0.1, 0.15) is 6.33 Å². The van der Waals surface area contributed by atoms with E-state index in [0.717, 1.165) is 24.3 Å². The molecule has 1 aliphatic heterocycles. The molecule has 3 rings (SSSR count). The van der Waals surface area contributed by atoms with Crippen LogP contribution < -0.4 is 10.6 Å². The molecular weight excluding hydrogens is 240 g/mol. The summed E-state index contributed by atoms with van der Waals surface area (Å²) in [6.45, 7) is 2.03. The average Bonchev–Trinajstić information content (AvgIpc) is 3.00. The summed E-state index contributed by atoms with van der Waals surface area (Å²) in [5.74, 6) is 0.644. The average molecular weight is 256 g/mol. The number of nitrogens with one attached hydrogen (secondary N) is 2. The molecule has 1 aliphatic rings. The van der Waals surface area contributed by atoms with E-state index in [2.05, 4.69) is 30.6 Å². The minimum absolute atomic E-state index is 0.558. The van der Waals surface area contributed by atoms with Crippen molar-refractivity contribution in [3.8, 4) is 11.4 Å². The van der Waals surface area contributed by atoms with Gasteiger partial charge >= 0.3 is 0 Å². The third kappa shape index (κ3) is 3.03. The van der Waals surface area contributed by atoms with Crippen LogP contribution in [0.3, 0.4) is 0 Å². The van der Waals surface area contributed by atoms with Gasteiger partial charge in [-0.25, -0.2) is 19.9 Å². The maximum atomic E-state index is 4.32. The quantitative estimate of drug-likeness (QED) is 0.853. The molecule has 0 aromatic carbocycles. The molecule has 0 spiro atoms. The van der Waals surface area contributed by atoms with Crippen LogP contribution in [0.5, 0.6) is 0 Å². The Hall–Kier alpha value is -2.08. The van der Waals surface area contributed by atoms with Gasteiger partial charge in [-0.15, -0.1) is 0 Å². The van der Waals surface area contributed by atoms with Crippen molar-refractivity contribution >= 4 is 5.69 Å². The zero-order valence-electron chi connectivity index (χ0n) is 10.6. The topological polar surface area (TPSA) is 75.6 Å². The third-order valence-corrected chi connectivity index (χ3v) is 3.19. The molecule has 2 N–H and O–H groups in total. The number of aromatic nitrogens is 4. The lowest BCUT2D eigenvalue weighted by molar-refractivity contribution is 0.633. The van der Waals surface area contributed by atoms with Gasteiger partial charge in [-0.3, -0.25) is 0 Å². The van der Waals surface area contributed by atoms with Gasteiger partial charge < -0.3 is 10.6 Å². The van der Waals surface area contributed by atoms with E-state index in [9.17, 15) is 0 Å². The summed E-state index contributed by atoms with van der Waals surface area (Å²) in [6, 6.07) is 0.558. The molecule has 0 saturated carbocycles. The Labute approximate surface area is 111 Å². The standard InChI is InChI=1S/C13H16N6/c1-2-11(16-3-1)6-17-12-7-18-13(19-8-12)10-4-14-9-15-5-10/h4-5,7-9,11,16-17H,1-3,6H2/t11-/m0/s1. The Morgan fingerprint density at radius 2 is 1.95 bits per heavy atom. The Morgan fingerprint density at radius 3 is 2.63 bits per heavy atom. The first-order valence-electron chi connectivity index (χ1n) is 6.46. The van der Waals surface area contributed by atoms with Crippen molar-refractivity contribution in [2.45, 2.75) is 18.9 Å². The molecule has 3 heterocycles. The van der Waals surface area contributed by atoms with Crippen molar-refractivity contribution in [2.24, 2.45) is 0 Å². The van der Waals surface area contributed by atoms with Gasteiger partial charge in [-0.05, 0) is 19.4 Å². The zero-order chi connectivity index (χ0) is 12.9. The lowest BCUT2D eigenvalue weighted by Gasteiger charge is -2.12. The Balaban J connectivity index is 1.62. The molecule has 1 fully saturated rings. The Morgan fingerprint density at radius 1 is 1.16 bits per heavy atom. The maximum absolute atomic E-state index is 4.32. The summed E-state index contributed by atoms with van der Waals surface area (Å²) < 4.78 is 0. The normalized spacial score (nSPS) is 18.4. The molecule has 1 saturated heterocycles. The predicted molar refractivity (Wildman–Crippen MR) is 72.6 cm³/mol. The van der Waals surface area contributed by atoms with Crippen molar-refractivity contribution in [1.29, 1.82) is 0 Å². The first kappa shape index (κ1) is 12.0. The second-order valence-electron chi connectivity index (χ2n) is 4.60. The minimum atomic E-state index is 0.558. The summed E-state index contributed by atoms with van der Waals surface area (Å²) in [5.41, 5.74) is 1.76. The van der Waals surface area contributed by atoms with E-state index in [1.807, 2.05) is 0 Å². The van der Waals surface area contributed by atoms with Gasteiger partial charge in [0.25, 0.3) is 0 Å². The second-order valence-corrected chi connectivity index (χ2v) is 4.60. The van der Waals surface area contributed by atoms with Crippen LogP contribution in [-0.2, 0) is 0 Å². The molecule has 2 aromatic heterocycles. The summed E-state index contributed by atoms with van der Waals surface area (Å²) in [6.07, 6.45) is 11.0. The maximum Gasteiger partial charge on any atom is 0.162 e. The van der Waals surface area contributed by atoms with Crippen molar-refractivity contribution in [3.05, 3.63) is 31.1 Å². The molecule has 6 nitrogen and oxygen atoms in total. The molecule has 0 radical (unpaired) electrons. The highest BCUT2D eigenvalue weighted by Gasteiger charge is 2.13. The Kier molecular flexibility index (Phi) is 3.60. The fraction of sp³-hybridized carbons (Fsp3) is 0.385. The van der Waals surface area contributed by atoms with E-state index >= 15 is 0 Å². The predicted octanol–water partition coefficient (Wildman–Crippen LogP) is 1.10. The molecule has 0 bridgehead atoms. The summed E-state index contributed by atoms with van der Waals surface area (Å²) in [4.78, 5) is 16.6. The number of nitrogens with zero attached hydrogens (tertiary/aromatic N) is 4. The molecule has 6 heteroatoms. The van der Waals surface area contributed by atoms with Crippen LogP contribution >= 0.6 is 0 Å². The van der Waals surface area contributed by atoms with Gasteiger partial charge in [-0.2, -0.15) is 0 Å². The van der Waals surface area contributed by atoms with Crippen molar-refractivity contribution in [1.82, 2.24) is 25.3 Å². The van der Waals surface area contributed by atoms with Crippen LogP contribution in [0.1, 0.15) is 12.8 Å². The Bertz CT molecular complexity index is 506. The first-order chi connectivity index (χ1) is 9.42. The minimum Gasteiger partial charge on any atom is -0.381 e. The van der Waals surface area contributed by atoms with Gasteiger partial charge in [0.2, 0.25) is 0 Å². The number of anilines is 1. The van der Waals surface area contributed by atoms with Crippen LogP contribution in [0.15, 0.2) is 31.1 Å². The summed E-state index contributed by atoms with van der Waals surface area (Å²) >= 11 is 0. The van der Waals surface area contributed by atoms with Crippen molar-refractivity contribution in [3.63, 3.8) is 0 Å². The smallest absolute Gasteiger partial charge is 0.162 e. The van der Waals surface area contributed by atoms with E-state index in [1.54, 1.807) is 24.8 Å². The first-order valence-corrected chi connectivity index (χ1v) is 6.46. The van der Waals surface area contributed by atoms with E-state index in [1.165, 1.54) is 19.2 Å². The van der Waals surface area contributed by atoms with E-state index in [0.29, 0.717) is 11.9 Å². The number of hydrogen-bond donors (Lipinski definition) is 2. The number of hydrogen-bond acceptors (Lipinski definition) is 6. The lowest BCUT2D eigenvalue weighted by atomic mass is 10.2. The van der Waals surface area contributed by atoms with Crippen LogP contribution in [0.4, 0.5) is 5.69 Å². The molecular formula is C13H16N6. The highest BCUT2D eigenvalue weighted by Crippen LogP contribution is 2.13. The zero-order valence-corrected chi connectivity index (χ0v) is 10.6. The van der Waals surface area contributed by atoms with Crippen molar-refractivity contribution in [2.75, 3.05) is 18.4 Å². The SMILES string of the molecule is c1ncc(-c2ncc(NC[C@@H]3CCCN3)cn2)cn1. The van der Waals surface area contributed by atoms with Crippen LogP contribution in [-0.4, -0.2) is 39.1 Å². The highest BCUT2D eigenvalue weighted by molar-refractivity contribution is 5.53. The molecule has 98 valence electrons. The third-order valence-electron chi connectivity index (χ3n) is 3.19. The van der Waals surface area contributed by atoms with Crippen LogP contribution in [0.2, 0.25) is 0 Å². The van der Waals surface area contributed by atoms with Gasteiger partial charge in [-0.1, -0.05) is 0 Å². The second kappa shape index (κ2) is 5.71. The van der Waals surface area contributed by atoms with E-state index < -0.39 is 0 Å². The summed E-state index contributed by atoms with van der Waals surface area (Å²) in [5, 5.41) is 6.79. The summed E-state index contributed by atoms with van der Waals surface area (Å²) in [7, 11) is 0. The van der Waals surface area contributed by atoms with E-state index in [4.69, 9.17) is 0 Å². The molecule has 19 heavy (non-hydrogen) atoms. The van der Waals surface area contributed by atoms with E-state index in [-0.39, 0.29) is 0 Å². The highest BCUT2D eigenvalue weighted by atomic mass is 15.0. The van der Waals surface area contributed by atoms with Gasteiger partial charge in [0.05, 0.1) is 23.6 Å². The molecule has 1 atom stereocenters. The monoisotopic (exact) mass is 256 g/mol. The molecule has 0 aliphatic carbocycles. The van der Waals surface area contributed by atoms with Crippen LogP contribution in [0.25, 0.3) is 11.4 Å². The molecule has 0 amide bonds. The number of rotatable bonds is 4. The lowest BCUT2D eigenvalue weighted by Crippen LogP contribution is -2.29. The van der Waals surface area contributed by atoms with Crippen molar-refractivity contribution < 1.29 is 0 Å². The molecule has 2 aromatic rings.